The van der Waals surface area contributed by atoms with Crippen LogP contribution in [0.5, 0.6) is 11.5 Å². The molecule has 180 valence electrons. The van der Waals surface area contributed by atoms with E-state index in [9.17, 15) is 14.0 Å². The number of carbonyl (C=O) groups is 2. The Bertz CT molecular complexity index is 1110. The third-order valence-corrected chi connectivity index (χ3v) is 4.83. The zero-order chi connectivity index (χ0) is 24.5. The van der Waals surface area contributed by atoms with Crippen LogP contribution in [-0.4, -0.2) is 35.7 Å². The van der Waals surface area contributed by atoms with Gasteiger partial charge >= 0.3 is 0 Å². The zero-order valence-corrected chi connectivity index (χ0v) is 19.3. The number of nitrogens with zero attached hydrogens (tertiary/aromatic N) is 2. The number of amides is 2. The third kappa shape index (κ3) is 7.03. The molecule has 0 spiro atoms. The maximum atomic E-state index is 13.0. The number of aromatic nitrogens is 2. The summed E-state index contributed by atoms with van der Waals surface area (Å²) in [5, 5.41) is 3.83. The van der Waals surface area contributed by atoms with Crippen molar-refractivity contribution in [1.29, 1.82) is 0 Å². The zero-order valence-electron chi connectivity index (χ0n) is 19.3. The standard InChI is InChI=1S/C24H27FN4O5/c1-15(2)12-13-33-19-9-6-17(14-20(19)32-3)24(31)28-27-21(30)10-11-22-26-23(29-34-22)16-4-7-18(25)8-5-16/h4-9,14-15H,10-13H2,1-3H3,(H,27,30)(H,28,31). The van der Waals surface area contributed by atoms with Crippen LogP contribution in [0, 0.1) is 11.7 Å². The summed E-state index contributed by atoms with van der Waals surface area (Å²) in [6.07, 6.45) is 1.08. The largest absolute Gasteiger partial charge is 0.493 e. The van der Waals surface area contributed by atoms with Gasteiger partial charge in [-0.3, -0.25) is 20.4 Å². The Morgan fingerprint density at radius 2 is 1.85 bits per heavy atom. The van der Waals surface area contributed by atoms with Gasteiger partial charge in [0, 0.05) is 24.0 Å². The summed E-state index contributed by atoms with van der Waals surface area (Å²) in [6, 6.07) is 10.4. The lowest BCUT2D eigenvalue weighted by Gasteiger charge is -2.13. The summed E-state index contributed by atoms with van der Waals surface area (Å²) in [7, 11) is 1.49. The second-order valence-corrected chi connectivity index (χ2v) is 7.92. The minimum Gasteiger partial charge on any atom is -0.493 e. The van der Waals surface area contributed by atoms with Crippen LogP contribution >= 0.6 is 0 Å². The molecule has 2 amide bonds. The Hall–Kier alpha value is -3.95. The molecule has 3 aromatic rings. The molecular formula is C24H27FN4O5. The molecule has 3 rings (SSSR count). The van der Waals surface area contributed by atoms with Crippen molar-refractivity contribution in [2.24, 2.45) is 5.92 Å². The molecule has 2 aromatic carbocycles. The predicted molar refractivity (Wildman–Crippen MR) is 122 cm³/mol. The van der Waals surface area contributed by atoms with Gasteiger partial charge in [-0.2, -0.15) is 4.98 Å². The van der Waals surface area contributed by atoms with Crippen LogP contribution in [0.15, 0.2) is 47.0 Å². The first-order valence-corrected chi connectivity index (χ1v) is 10.8. The topological polar surface area (TPSA) is 116 Å². The van der Waals surface area contributed by atoms with Gasteiger partial charge in [-0.15, -0.1) is 0 Å². The number of carbonyl (C=O) groups excluding carboxylic acids is 2. The van der Waals surface area contributed by atoms with Crippen molar-refractivity contribution in [3.05, 3.63) is 59.7 Å². The van der Waals surface area contributed by atoms with Crippen molar-refractivity contribution in [1.82, 2.24) is 21.0 Å². The number of methoxy groups -OCH3 is 1. The molecule has 0 fully saturated rings. The normalized spacial score (nSPS) is 10.7. The van der Waals surface area contributed by atoms with Gasteiger partial charge in [0.15, 0.2) is 11.5 Å². The van der Waals surface area contributed by atoms with Crippen LogP contribution in [0.1, 0.15) is 42.9 Å². The number of aryl methyl sites for hydroxylation is 1. The highest BCUT2D eigenvalue weighted by molar-refractivity contribution is 5.96. The molecule has 0 aliphatic heterocycles. The van der Waals surface area contributed by atoms with Crippen LogP contribution in [0.4, 0.5) is 4.39 Å². The highest BCUT2D eigenvalue weighted by Gasteiger charge is 2.14. The lowest BCUT2D eigenvalue weighted by atomic mass is 10.1. The molecule has 0 aliphatic rings. The number of benzene rings is 2. The van der Waals surface area contributed by atoms with Gasteiger partial charge in [0.2, 0.25) is 17.6 Å². The van der Waals surface area contributed by atoms with Crippen molar-refractivity contribution in [2.45, 2.75) is 33.1 Å². The minimum absolute atomic E-state index is 0.0112. The number of halogens is 1. The fraction of sp³-hybridized carbons (Fsp3) is 0.333. The smallest absolute Gasteiger partial charge is 0.269 e. The second kappa shape index (κ2) is 11.8. The molecule has 34 heavy (non-hydrogen) atoms. The number of hydrazine groups is 1. The summed E-state index contributed by atoms with van der Waals surface area (Å²) in [4.78, 5) is 28.7. The van der Waals surface area contributed by atoms with E-state index < -0.39 is 11.8 Å². The van der Waals surface area contributed by atoms with E-state index in [1.54, 1.807) is 18.2 Å². The van der Waals surface area contributed by atoms with Crippen LogP contribution in [0.3, 0.4) is 0 Å². The molecule has 0 saturated heterocycles. The molecule has 0 unspecified atom stereocenters. The van der Waals surface area contributed by atoms with Gasteiger partial charge in [0.05, 0.1) is 13.7 Å². The van der Waals surface area contributed by atoms with E-state index in [0.29, 0.717) is 41.0 Å². The highest BCUT2D eigenvalue weighted by Crippen LogP contribution is 2.28. The third-order valence-electron chi connectivity index (χ3n) is 4.83. The average molecular weight is 471 g/mol. The number of hydrogen-bond donors (Lipinski definition) is 2. The summed E-state index contributed by atoms with van der Waals surface area (Å²) in [6.45, 7) is 4.76. The molecule has 0 radical (unpaired) electrons. The number of ether oxygens (including phenoxy) is 2. The Balaban J connectivity index is 1.47. The number of hydrogen-bond acceptors (Lipinski definition) is 7. The van der Waals surface area contributed by atoms with Crippen LogP contribution in [-0.2, 0) is 11.2 Å². The maximum Gasteiger partial charge on any atom is 0.269 e. The quantitative estimate of drug-likeness (QED) is 0.434. The van der Waals surface area contributed by atoms with Crippen molar-refractivity contribution in [3.63, 3.8) is 0 Å². The van der Waals surface area contributed by atoms with Crippen molar-refractivity contribution in [3.8, 4) is 22.9 Å². The van der Waals surface area contributed by atoms with Gasteiger partial charge in [0.1, 0.15) is 5.82 Å². The molecule has 0 bridgehead atoms. The SMILES string of the molecule is COc1cc(C(=O)NNC(=O)CCc2nc(-c3ccc(F)cc3)no2)ccc1OCCC(C)C. The Labute approximate surface area is 196 Å². The number of nitrogens with one attached hydrogen (secondary N) is 2. The lowest BCUT2D eigenvalue weighted by Crippen LogP contribution is -2.41. The number of rotatable bonds is 10. The van der Waals surface area contributed by atoms with Crippen LogP contribution in [0.2, 0.25) is 0 Å². The highest BCUT2D eigenvalue weighted by atomic mass is 19.1. The first-order chi connectivity index (χ1) is 16.4. The van der Waals surface area contributed by atoms with E-state index in [1.165, 1.54) is 31.4 Å². The molecule has 0 saturated carbocycles. The second-order valence-electron chi connectivity index (χ2n) is 7.92. The maximum absolute atomic E-state index is 13.0. The fourth-order valence-electron chi connectivity index (χ4n) is 2.89. The van der Waals surface area contributed by atoms with Gasteiger partial charge in [-0.1, -0.05) is 19.0 Å². The predicted octanol–water partition coefficient (Wildman–Crippen LogP) is 3.70. The van der Waals surface area contributed by atoms with Gasteiger partial charge < -0.3 is 14.0 Å². The lowest BCUT2D eigenvalue weighted by molar-refractivity contribution is -0.121. The molecule has 0 aliphatic carbocycles. The van der Waals surface area contributed by atoms with E-state index in [2.05, 4.69) is 34.8 Å². The first-order valence-electron chi connectivity index (χ1n) is 10.8. The van der Waals surface area contributed by atoms with E-state index in [-0.39, 0.29) is 24.5 Å². The van der Waals surface area contributed by atoms with E-state index >= 15 is 0 Å². The molecule has 1 aromatic heterocycles. The van der Waals surface area contributed by atoms with Crippen molar-refractivity contribution < 1.29 is 28.0 Å². The van der Waals surface area contributed by atoms with Gasteiger partial charge in [-0.05, 0) is 54.8 Å². The van der Waals surface area contributed by atoms with E-state index in [0.717, 1.165) is 6.42 Å². The molecule has 10 heteroatoms. The first kappa shape index (κ1) is 24.7. The molecule has 1 heterocycles. The van der Waals surface area contributed by atoms with Crippen LogP contribution < -0.4 is 20.3 Å². The average Bonchev–Trinajstić information content (AvgIpc) is 3.30. The molecule has 0 atom stereocenters. The van der Waals surface area contributed by atoms with Gasteiger partial charge in [0.25, 0.3) is 5.91 Å². The van der Waals surface area contributed by atoms with E-state index in [4.69, 9.17) is 14.0 Å². The minimum atomic E-state index is -0.503. The molecular weight excluding hydrogens is 443 g/mol. The Morgan fingerprint density at radius 1 is 1.09 bits per heavy atom. The van der Waals surface area contributed by atoms with Crippen molar-refractivity contribution >= 4 is 11.8 Å². The van der Waals surface area contributed by atoms with Gasteiger partial charge in [-0.25, -0.2) is 4.39 Å². The fourth-order valence-corrected chi connectivity index (χ4v) is 2.89. The van der Waals surface area contributed by atoms with Crippen LogP contribution in [0.25, 0.3) is 11.4 Å². The summed E-state index contributed by atoms with van der Waals surface area (Å²) in [5.74, 6) is 0.728. The summed E-state index contributed by atoms with van der Waals surface area (Å²) >= 11 is 0. The molecule has 9 nitrogen and oxygen atoms in total. The Morgan fingerprint density at radius 3 is 2.56 bits per heavy atom. The Kier molecular flexibility index (Phi) is 8.55. The molecule has 2 N–H and O–H groups in total. The van der Waals surface area contributed by atoms with Crippen molar-refractivity contribution in [2.75, 3.05) is 13.7 Å². The monoisotopic (exact) mass is 470 g/mol. The van der Waals surface area contributed by atoms with E-state index in [1.807, 2.05) is 0 Å². The summed E-state index contributed by atoms with van der Waals surface area (Å²) < 4.78 is 29.2. The summed E-state index contributed by atoms with van der Waals surface area (Å²) in [5.41, 5.74) is 5.61.